The molecule has 1 saturated heterocycles. The quantitative estimate of drug-likeness (QED) is 0.835. The molecule has 0 spiro atoms. The predicted molar refractivity (Wildman–Crippen MR) is 89.9 cm³/mol. The lowest BCUT2D eigenvalue weighted by Gasteiger charge is -2.30. The van der Waals surface area contributed by atoms with Crippen LogP contribution in [-0.4, -0.2) is 66.4 Å². The van der Waals surface area contributed by atoms with Gasteiger partial charge in [-0.2, -0.15) is 0 Å². The van der Waals surface area contributed by atoms with Crippen LogP contribution < -0.4 is 0 Å². The summed E-state index contributed by atoms with van der Waals surface area (Å²) >= 11 is 0. The second kappa shape index (κ2) is 9.26. The van der Waals surface area contributed by atoms with Gasteiger partial charge in [-0.3, -0.25) is 9.80 Å². The number of rotatable bonds is 7. The molecule has 0 aromatic heterocycles. The summed E-state index contributed by atoms with van der Waals surface area (Å²) in [4.78, 5) is 4.92. The molecule has 2 atom stereocenters. The first-order chi connectivity index (χ1) is 10.7. The molecule has 1 heterocycles. The SMILES string of the molecule is CCOCC(O)CN1CCCN(Cc2ccccc2)CC1C. The molecular formula is C18H30N2O2. The highest BCUT2D eigenvalue weighted by molar-refractivity contribution is 5.14. The molecule has 1 aromatic carbocycles. The standard InChI is InChI=1S/C18H30N2O2/c1-3-22-15-18(21)14-20-11-7-10-19(12-16(20)2)13-17-8-5-4-6-9-17/h4-6,8-9,16,18,21H,3,7,10-15H2,1-2H3. The summed E-state index contributed by atoms with van der Waals surface area (Å²) < 4.78 is 5.32. The Labute approximate surface area is 134 Å². The smallest absolute Gasteiger partial charge is 0.0900 e. The highest BCUT2D eigenvalue weighted by Gasteiger charge is 2.23. The van der Waals surface area contributed by atoms with Crippen LogP contribution in [0.4, 0.5) is 0 Å². The third-order valence-electron chi connectivity index (χ3n) is 4.27. The molecule has 0 bridgehead atoms. The molecule has 4 nitrogen and oxygen atoms in total. The van der Waals surface area contributed by atoms with Crippen LogP contribution in [0.15, 0.2) is 30.3 Å². The minimum Gasteiger partial charge on any atom is -0.389 e. The first-order valence-electron chi connectivity index (χ1n) is 8.45. The van der Waals surface area contributed by atoms with Crippen molar-refractivity contribution in [2.24, 2.45) is 0 Å². The van der Waals surface area contributed by atoms with Gasteiger partial charge in [-0.25, -0.2) is 0 Å². The summed E-state index contributed by atoms with van der Waals surface area (Å²) in [5.74, 6) is 0. The van der Waals surface area contributed by atoms with Crippen molar-refractivity contribution in [1.29, 1.82) is 0 Å². The number of hydrogen-bond acceptors (Lipinski definition) is 4. The zero-order valence-corrected chi connectivity index (χ0v) is 13.9. The van der Waals surface area contributed by atoms with Gasteiger partial charge in [0.15, 0.2) is 0 Å². The van der Waals surface area contributed by atoms with E-state index in [1.165, 1.54) is 5.56 Å². The molecule has 0 amide bonds. The van der Waals surface area contributed by atoms with Crippen molar-refractivity contribution < 1.29 is 9.84 Å². The Morgan fingerprint density at radius 1 is 1.27 bits per heavy atom. The average Bonchev–Trinajstić information content (AvgIpc) is 2.68. The maximum atomic E-state index is 10.1. The summed E-state index contributed by atoms with van der Waals surface area (Å²) in [6, 6.07) is 11.1. The van der Waals surface area contributed by atoms with Crippen molar-refractivity contribution in [1.82, 2.24) is 9.80 Å². The van der Waals surface area contributed by atoms with E-state index in [9.17, 15) is 5.11 Å². The van der Waals surface area contributed by atoms with E-state index >= 15 is 0 Å². The Morgan fingerprint density at radius 2 is 2.05 bits per heavy atom. The Hall–Kier alpha value is -0.940. The van der Waals surface area contributed by atoms with Gasteiger partial charge in [0, 0.05) is 32.3 Å². The molecule has 124 valence electrons. The zero-order valence-electron chi connectivity index (χ0n) is 13.9. The van der Waals surface area contributed by atoms with E-state index in [1.54, 1.807) is 0 Å². The molecule has 0 saturated carbocycles. The molecule has 1 N–H and O–H groups in total. The fraction of sp³-hybridized carbons (Fsp3) is 0.667. The topological polar surface area (TPSA) is 35.9 Å². The Balaban J connectivity index is 1.83. The molecule has 1 fully saturated rings. The third kappa shape index (κ3) is 5.69. The molecule has 4 heteroatoms. The highest BCUT2D eigenvalue weighted by atomic mass is 16.5. The fourth-order valence-electron chi connectivity index (χ4n) is 3.13. The molecular weight excluding hydrogens is 276 g/mol. The number of β-amino-alcohol motifs (C(OH)–C–C–N with tert-alkyl or cyclic N) is 1. The lowest BCUT2D eigenvalue weighted by molar-refractivity contribution is 0.0141. The molecule has 1 aromatic rings. The van der Waals surface area contributed by atoms with Gasteiger partial charge >= 0.3 is 0 Å². The normalized spacial score (nSPS) is 22.4. The van der Waals surface area contributed by atoms with Crippen molar-refractivity contribution in [2.75, 3.05) is 39.4 Å². The number of benzene rings is 1. The predicted octanol–water partition coefficient (Wildman–Crippen LogP) is 1.98. The average molecular weight is 306 g/mol. The van der Waals surface area contributed by atoms with Gasteiger partial charge in [0.2, 0.25) is 0 Å². The van der Waals surface area contributed by atoms with Crippen LogP contribution in [0.3, 0.4) is 0 Å². The summed E-state index contributed by atoms with van der Waals surface area (Å²) in [6.45, 7) is 10.3. The lowest BCUT2D eigenvalue weighted by Crippen LogP contribution is -2.43. The van der Waals surface area contributed by atoms with Crippen molar-refractivity contribution in [3.05, 3.63) is 35.9 Å². The van der Waals surface area contributed by atoms with Gasteiger partial charge in [-0.05, 0) is 38.9 Å². The van der Waals surface area contributed by atoms with E-state index in [2.05, 4.69) is 47.1 Å². The van der Waals surface area contributed by atoms with Crippen molar-refractivity contribution in [3.63, 3.8) is 0 Å². The van der Waals surface area contributed by atoms with E-state index < -0.39 is 0 Å². The van der Waals surface area contributed by atoms with Gasteiger partial charge < -0.3 is 9.84 Å². The van der Waals surface area contributed by atoms with E-state index in [0.29, 0.717) is 25.8 Å². The van der Waals surface area contributed by atoms with Gasteiger partial charge in [-0.1, -0.05) is 30.3 Å². The fourth-order valence-corrected chi connectivity index (χ4v) is 3.13. The summed E-state index contributed by atoms with van der Waals surface area (Å²) in [6.07, 6.45) is 0.765. The number of nitrogens with zero attached hydrogens (tertiary/aromatic N) is 2. The maximum absolute atomic E-state index is 10.1. The highest BCUT2D eigenvalue weighted by Crippen LogP contribution is 2.13. The van der Waals surface area contributed by atoms with Gasteiger partial charge in [-0.15, -0.1) is 0 Å². The first kappa shape index (κ1) is 17.4. The molecule has 1 aliphatic rings. The maximum Gasteiger partial charge on any atom is 0.0900 e. The molecule has 22 heavy (non-hydrogen) atoms. The van der Waals surface area contributed by atoms with Crippen LogP contribution in [0.1, 0.15) is 25.8 Å². The van der Waals surface area contributed by atoms with E-state index in [-0.39, 0.29) is 6.10 Å². The van der Waals surface area contributed by atoms with Crippen LogP contribution >= 0.6 is 0 Å². The lowest BCUT2D eigenvalue weighted by atomic mass is 10.2. The van der Waals surface area contributed by atoms with Crippen LogP contribution in [0.25, 0.3) is 0 Å². The Morgan fingerprint density at radius 3 is 2.77 bits per heavy atom. The Kier molecular flexibility index (Phi) is 7.33. The van der Waals surface area contributed by atoms with E-state index in [0.717, 1.165) is 32.6 Å². The van der Waals surface area contributed by atoms with Gasteiger partial charge in [0.25, 0.3) is 0 Å². The second-order valence-electron chi connectivity index (χ2n) is 6.23. The molecule has 2 unspecified atom stereocenters. The number of aliphatic hydroxyl groups is 1. The Bertz CT molecular complexity index is 413. The first-order valence-corrected chi connectivity index (χ1v) is 8.45. The summed E-state index contributed by atoms with van der Waals surface area (Å²) in [7, 11) is 0. The van der Waals surface area contributed by atoms with Crippen molar-refractivity contribution in [3.8, 4) is 0 Å². The summed E-state index contributed by atoms with van der Waals surface area (Å²) in [5, 5.41) is 10.1. The zero-order chi connectivity index (χ0) is 15.8. The van der Waals surface area contributed by atoms with Crippen LogP contribution in [0, 0.1) is 0 Å². The van der Waals surface area contributed by atoms with Gasteiger partial charge in [0.05, 0.1) is 12.7 Å². The minimum atomic E-state index is -0.386. The van der Waals surface area contributed by atoms with E-state index in [4.69, 9.17) is 4.74 Å². The monoisotopic (exact) mass is 306 g/mol. The third-order valence-corrected chi connectivity index (χ3v) is 4.27. The molecule has 2 rings (SSSR count). The van der Waals surface area contributed by atoms with Gasteiger partial charge in [0.1, 0.15) is 0 Å². The largest absolute Gasteiger partial charge is 0.389 e. The molecule has 1 aliphatic heterocycles. The van der Waals surface area contributed by atoms with Crippen LogP contribution in [0.5, 0.6) is 0 Å². The summed E-state index contributed by atoms with van der Waals surface area (Å²) in [5.41, 5.74) is 1.37. The number of hydrogen-bond donors (Lipinski definition) is 1. The van der Waals surface area contributed by atoms with Crippen molar-refractivity contribution >= 4 is 0 Å². The molecule has 0 radical (unpaired) electrons. The number of aliphatic hydroxyl groups excluding tert-OH is 1. The van der Waals surface area contributed by atoms with E-state index in [1.807, 2.05) is 6.92 Å². The number of ether oxygens (including phenoxy) is 1. The second-order valence-corrected chi connectivity index (χ2v) is 6.23. The minimum absolute atomic E-state index is 0.386. The van der Waals surface area contributed by atoms with Crippen molar-refractivity contribution in [2.45, 2.75) is 39.0 Å². The van der Waals surface area contributed by atoms with Crippen LogP contribution in [0.2, 0.25) is 0 Å². The van der Waals surface area contributed by atoms with Crippen LogP contribution in [-0.2, 0) is 11.3 Å². The molecule has 0 aliphatic carbocycles.